The third kappa shape index (κ3) is 3.64. The summed E-state index contributed by atoms with van der Waals surface area (Å²) in [6.07, 6.45) is 4.13. The van der Waals surface area contributed by atoms with Gasteiger partial charge in [-0.15, -0.1) is 0 Å². The van der Waals surface area contributed by atoms with Crippen LogP contribution in [-0.2, 0) is 0 Å². The Morgan fingerprint density at radius 1 is 1.26 bits per heavy atom. The van der Waals surface area contributed by atoms with Crippen LogP contribution >= 0.6 is 0 Å². The predicted molar refractivity (Wildman–Crippen MR) is 75.0 cm³/mol. The van der Waals surface area contributed by atoms with Crippen molar-refractivity contribution in [3.8, 4) is 5.69 Å². The number of benzene rings is 1. The monoisotopic (exact) mass is 259 g/mol. The molecule has 4 heteroatoms. The Balaban J connectivity index is 2.04. The Bertz CT molecular complexity index is 495. The highest BCUT2D eigenvalue weighted by molar-refractivity contribution is 5.28. The standard InChI is InChI=1S/C15H21N3O/c1-3-7-12(2)10-15(19)14-11-16-18(17-14)13-8-5-4-6-9-13/h4-6,8-9,11-12,15,19H,3,7,10H2,1-2H3. The number of rotatable bonds is 6. The summed E-state index contributed by atoms with van der Waals surface area (Å²) in [6, 6.07) is 9.72. The van der Waals surface area contributed by atoms with Gasteiger partial charge in [0.15, 0.2) is 0 Å². The predicted octanol–water partition coefficient (Wildman–Crippen LogP) is 3.13. The van der Waals surface area contributed by atoms with Crippen molar-refractivity contribution in [1.29, 1.82) is 0 Å². The minimum Gasteiger partial charge on any atom is -0.387 e. The zero-order valence-electron chi connectivity index (χ0n) is 11.5. The lowest BCUT2D eigenvalue weighted by molar-refractivity contribution is 0.140. The molecule has 2 unspecified atom stereocenters. The molecule has 1 heterocycles. The highest BCUT2D eigenvalue weighted by Crippen LogP contribution is 2.22. The molecule has 0 saturated carbocycles. The minimum absolute atomic E-state index is 0.502. The molecule has 0 fully saturated rings. The van der Waals surface area contributed by atoms with Gasteiger partial charge < -0.3 is 5.11 Å². The van der Waals surface area contributed by atoms with E-state index in [-0.39, 0.29) is 0 Å². The largest absolute Gasteiger partial charge is 0.387 e. The second kappa shape index (κ2) is 6.48. The van der Waals surface area contributed by atoms with Crippen molar-refractivity contribution < 1.29 is 5.11 Å². The highest BCUT2D eigenvalue weighted by atomic mass is 16.3. The fraction of sp³-hybridized carbons (Fsp3) is 0.467. The second-order valence-corrected chi connectivity index (χ2v) is 5.04. The molecule has 0 aliphatic heterocycles. The maximum absolute atomic E-state index is 10.2. The first-order valence-corrected chi connectivity index (χ1v) is 6.86. The average molecular weight is 259 g/mol. The van der Waals surface area contributed by atoms with Crippen LogP contribution in [0.15, 0.2) is 36.5 Å². The van der Waals surface area contributed by atoms with Crippen molar-refractivity contribution in [2.24, 2.45) is 5.92 Å². The highest BCUT2D eigenvalue weighted by Gasteiger charge is 2.15. The summed E-state index contributed by atoms with van der Waals surface area (Å²) in [7, 11) is 0. The van der Waals surface area contributed by atoms with Gasteiger partial charge in [0, 0.05) is 0 Å². The molecule has 0 radical (unpaired) electrons. The Morgan fingerprint density at radius 2 is 2.00 bits per heavy atom. The van der Waals surface area contributed by atoms with Gasteiger partial charge in [0.25, 0.3) is 0 Å². The summed E-state index contributed by atoms with van der Waals surface area (Å²) in [5.74, 6) is 0.502. The topological polar surface area (TPSA) is 50.9 Å². The molecule has 0 aliphatic carbocycles. The first-order chi connectivity index (χ1) is 9.20. The van der Waals surface area contributed by atoms with Gasteiger partial charge in [-0.25, -0.2) is 0 Å². The van der Waals surface area contributed by atoms with E-state index in [1.165, 1.54) is 0 Å². The molecule has 2 atom stereocenters. The van der Waals surface area contributed by atoms with Crippen LogP contribution in [0.3, 0.4) is 0 Å². The number of hydrogen-bond donors (Lipinski definition) is 1. The summed E-state index contributed by atoms with van der Waals surface area (Å²) in [5, 5.41) is 18.7. The third-order valence-corrected chi connectivity index (χ3v) is 3.25. The molecular formula is C15H21N3O. The van der Waals surface area contributed by atoms with E-state index in [1.54, 1.807) is 11.0 Å². The van der Waals surface area contributed by atoms with Gasteiger partial charge in [-0.05, 0) is 24.5 Å². The number of aliphatic hydroxyl groups is 1. The molecule has 1 aromatic heterocycles. The summed E-state index contributed by atoms with van der Waals surface area (Å²) in [4.78, 5) is 1.56. The molecule has 19 heavy (non-hydrogen) atoms. The van der Waals surface area contributed by atoms with Crippen molar-refractivity contribution in [2.75, 3.05) is 0 Å². The fourth-order valence-corrected chi connectivity index (χ4v) is 2.23. The van der Waals surface area contributed by atoms with Crippen molar-refractivity contribution in [2.45, 2.75) is 39.2 Å². The average Bonchev–Trinajstić information content (AvgIpc) is 2.89. The molecule has 1 aromatic carbocycles. The summed E-state index contributed by atoms with van der Waals surface area (Å²) in [6.45, 7) is 4.32. The van der Waals surface area contributed by atoms with Crippen LogP contribution < -0.4 is 0 Å². The van der Waals surface area contributed by atoms with Gasteiger partial charge in [-0.1, -0.05) is 44.9 Å². The Hall–Kier alpha value is -1.68. The van der Waals surface area contributed by atoms with Crippen LogP contribution in [0.5, 0.6) is 0 Å². The van der Waals surface area contributed by atoms with Gasteiger partial charge in [0.05, 0.1) is 18.0 Å². The fourth-order valence-electron chi connectivity index (χ4n) is 2.23. The first-order valence-electron chi connectivity index (χ1n) is 6.86. The lowest BCUT2D eigenvalue weighted by Crippen LogP contribution is -2.06. The van der Waals surface area contributed by atoms with E-state index in [9.17, 15) is 5.11 Å². The van der Waals surface area contributed by atoms with Gasteiger partial charge >= 0.3 is 0 Å². The summed E-state index contributed by atoms with van der Waals surface area (Å²) < 4.78 is 0. The SMILES string of the molecule is CCCC(C)CC(O)c1cnn(-c2ccccc2)n1. The van der Waals surface area contributed by atoms with Crippen LogP contribution in [0.25, 0.3) is 5.69 Å². The zero-order chi connectivity index (χ0) is 13.7. The van der Waals surface area contributed by atoms with E-state index in [1.807, 2.05) is 30.3 Å². The number of para-hydroxylation sites is 1. The van der Waals surface area contributed by atoms with Gasteiger partial charge in [-0.3, -0.25) is 0 Å². The lowest BCUT2D eigenvalue weighted by Gasteiger charge is -2.13. The molecule has 0 saturated heterocycles. The molecular weight excluding hydrogens is 238 g/mol. The summed E-state index contributed by atoms with van der Waals surface area (Å²) in [5.41, 5.74) is 1.55. The van der Waals surface area contributed by atoms with E-state index in [4.69, 9.17) is 0 Å². The third-order valence-electron chi connectivity index (χ3n) is 3.25. The maximum Gasteiger partial charge on any atom is 0.112 e. The van der Waals surface area contributed by atoms with Crippen molar-refractivity contribution in [1.82, 2.24) is 15.0 Å². The lowest BCUT2D eigenvalue weighted by atomic mass is 9.98. The van der Waals surface area contributed by atoms with Gasteiger partial charge in [0.1, 0.15) is 5.69 Å². The van der Waals surface area contributed by atoms with Gasteiger partial charge in [0.2, 0.25) is 0 Å². The molecule has 2 rings (SSSR count). The van der Waals surface area contributed by atoms with Crippen molar-refractivity contribution in [3.63, 3.8) is 0 Å². The van der Waals surface area contributed by atoms with Crippen molar-refractivity contribution in [3.05, 3.63) is 42.2 Å². The minimum atomic E-state index is -0.529. The Morgan fingerprint density at radius 3 is 2.68 bits per heavy atom. The van der Waals surface area contributed by atoms with Crippen LogP contribution in [0, 0.1) is 5.92 Å². The maximum atomic E-state index is 10.2. The molecule has 2 aromatic rings. The molecule has 102 valence electrons. The molecule has 0 spiro atoms. The van der Waals surface area contributed by atoms with E-state index in [2.05, 4.69) is 24.0 Å². The van der Waals surface area contributed by atoms with E-state index >= 15 is 0 Å². The van der Waals surface area contributed by atoms with Crippen molar-refractivity contribution >= 4 is 0 Å². The number of aromatic nitrogens is 3. The van der Waals surface area contributed by atoms with E-state index < -0.39 is 6.10 Å². The number of nitrogens with zero attached hydrogens (tertiary/aromatic N) is 3. The van der Waals surface area contributed by atoms with E-state index in [0.29, 0.717) is 11.6 Å². The van der Waals surface area contributed by atoms with Crippen LogP contribution in [-0.4, -0.2) is 20.1 Å². The quantitative estimate of drug-likeness (QED) is 0.867. The van der Waals surface area contributed by atoms with E-state index in [0.717, 1.165) is 24.9 Å². The van der Waals surface area contributed by atoms with Crippen LogP contribution in [0.4, 0.5) is 0 Å². The molecule has 4 nitrogen and oxygen atoms in total. The molecule has 0 aliphatic rings. The van der Waals surface area contributed by atoms with Gasteiger partial charge in [-0.2, -0.15) is 15.0 Å². The van der Waals surface area contributed by atoms with Crippen LogP contribution in [0.1, 0.15) is 44.9 Å². The Labute approximate surface area is 114 Å². The molecule has 0 amide bonds. The number of hydrogen-bond acceptors (Lipinski definition) is 3. The second-order valence-electron chi connectivity index (χ2n) is 5.04. The number of aliphatic hydroxyl groups excluding tert-OH is 1. The molecule has 1 N–H and O–H groups in total. The zero-order valence-corrected chi connectivity index (χ0v) is 11.5. The smallest absolute Gasteiger partial charge is 0.112 e. The van der Waals surface area contributed by atoms with Crippen LogP contribution in [0.2, 0.25) is 0 Å². The first kappa shape index (κ1) is 13.7. The summed E-state index contributed by atoms with van der Waals surface area (Å²) >= 11 is 0. The molecule has 0 bridgehead atoms. The Kier molecular flexibility index (Phi) is 4.68. The normalized spacial score (nSPS) is 14.3.